The van der Waals surface area contributed by atoms with Crippen molar-refractivity contribution in [1.29, 1.82) is 0 Å². The number of nitrogens with zero attached hydrogens (tertiary/aromatic N) is 1. The molecule has 2 nitrogen and oxygen atoms in total. The van der Waals surface area contributed by atoms with Crippen LogP contribution in [0.3, 0.4) is 0 Å². The van der Waals surface area contributed by atoms with Gasteiger partial charge in [-0.1, -0.05) is 36.8 Å². The van der Waals surface area contributed by atoms with Gasteiger partial charge < -0.3 is 5.73 Å². The van der Waals surface area contributed by atoms with Crippen LogP contribution in [-0.2, 0) is 0 Å². The Hall–Kier alpha value is -0.570. The number of benzene rings is 1. The first-order valence-corrected chi connectivity index (χ1v) is 6.55. The fraction of sp³-hybridized carbons (Fsp3) is 0.600. The normalized spacial score (nSPS) is 25.8. The molecule has 102 valence electrons. The molecule has 0 radical (unpaired) electrons. The van der Waals surface area contributed by atoms with Gasteiger partial charge in [-0.3, -0.25) is 4.90 Å². The van der Waals surface area contributed by atoms with Gasteiger partial charge in [-0.25, -0.2) is 0 Å². The largest absolute Gasteiger partial charge is 0.330 e. The van der Waals surface area contributed by atoms with Crippen molar-refractivity contribution >= 4 is 12.4 Å². The topological polar surface area (TPSA) is 29.3 Å². The van der Waals surface area contributed by atoms with E-state index in [4.69, 9.17) is 5.73 Å². The predicted octanol–water partition coefficient (Wildman–Crippen LogP) is 3.15. The molecule has 3 heteroatoms. The summed E-state index contributed by atoms with van der Waals surface area (Å²) in [4.78, 5) is 2.56. The summed E-state index contributed by atoms with van der Waals surface area (Å²) < 4.78 is 0. The molecular weight excluding hydrogens is 244 g/mol. The summed E-state index contributed by atoms with van der Waals surface area (Å²) in [6, 6.07) is 9.34. The lowest BCUT2D eigenvalue weighted by Gasteiger charge is -2.27. The molecule has 1 aliphatic rings. The van der Waals surface area contributed by atoms with E-state index >= 15 is 0 Å². The molecule has 0 aliphatic carbocycles. The Bertz CT molecular complexity index is 394. The van der Waals surface area contributed by atoms with Crippen molar-refractivity contribution in [2.45, 2.75) is 33.2 Å². The first kappa shape index (κ1) is 15.5. The standard InChI is InChI=1S/C15H24N2.ClH/c1-12-5-4-6-14(9-12)13(2)17-8-7-15(3,10-16)11-17;/h4-6,9,13H,7-8,10-11,16H2,1-3H3;1H. The van der Waals surface area contributed by atoms with Gasteiger partial charge in [-0.2, -0.15) is 0 Å². The number of hydrogen-bond acceptors (Lipinski definition) is 2. The molecule has 18 heavy (non-hydrogen) atoms. The minimum absolute atomic E-state index is 0. The second-order valence-corrected chi connectivity index (χ2v) is 5.83. The Kier molecular flexibility index (Phi) is 5.20. The maximum Gasteiger partial charge on any atom is 0.0320 e. The zero-order valence-electron chi connectivity index (χ0n) is 11.6. The molecular formula is C15H25ClN2. The number of hydrogen-bond donors (Lipinski definition) is 1. The first-order valence-electron chi connectivity index (χ1n) is 6.55. The lowest BCUT2D eigenvalue weighted by atomic mass is 9.90. The van der Waals surface area contributed by atoms with Gasteiger partial charge in [0.05, 0.1) is 0 Å². The van der Waals surface area contributed by atoms with Gasteiger partial charge in [0.1, 0.15) is 0 Å². The molecule has 2 unspecified atom stereocenters. The lowest BCUT2D eigenvalue weighted by molar-refractivity contribution is 0.227. The third-order valence-corrected chi connectivity index (χ3v) is 4.15. The molecule has 0 aromatic heterocycles. The fourth-order valence-corrected chi connectivity index (χ4v) is 2.70. The Morgan fingerprint density at radius 1 is 1.44 bits per heavy atom. The van der Waals surface area contributed by atoms with Gasteiger partial charge in [-0.15, -0.1) is 12.4 Å². The van der Waals surface area contributed by atoms with Crippen LogP contribution in [0.25, 0.3) is 0 Å². The van der Waals surface area contributed by atoms with Gasteiger partial charge >= 0.3 is 0 Å². The monoisotopic (exact) mass is 268 g/mol. The van der Waals surface area contributed by atoms with E-state index in [1.807, 2.05) is 0 Å². The van der Waals surface area contributed by atoms with E-state index in [1.165, 1.54) is 24.1 Å². The molecule has 1 aromatic rings. The van der Waals surface area contributed by atoms with Crippen LogP contribution < -0.4 is 5.73 Å². The number of likely N-dealkylation sites (tertiary alicyclic amines) is 1. The van der Waals surface area contributed by atoms with Crippen LogP contribution in [0, 0.1) is 12.3 Å². The highest BCUT2D eigenvalue weighted by atomic mass is 35.5. The molecule has 0 saturated carbocycles. The number of rotatable bonds is 3. The maximum absolute atomic E-state index is 5.87. The molecule has 1 heterocycles. The van der Waals surface area contributed by atoms with Crippen LogP contribution >= 0.6 is 12.4 Å². The van der Waals surface area contributed by atoms with Crippen LogP contribution in [0.4, 0.5) is 0 Å². The zero-order valence-corrected chi connectivity index (χ0v) is 12.5. The minimum Gasteiger partial charge on any atom is -0.330 e. The van der Waals surface area contributed by atoms with Gasteiger partial charge in [0.15, 0.2) is 0 Å². The minimum atomic E-state index is 0. The number of nitrogens with two attached hydrogens (primary N) is 1. The second-order valence-electron chi connectivity index (χ2n) is 5.83. The highest BCUT2D eigenvalue weighted by Crippen LogP contribution is 2.34. The smallest absolute Gasteiger partial charge is 0.0320 e. The highest BCUT2D eigenvalue weighted by molar-refractivity contribution is 5.85. The van der Waals surface area contributed by atoms with Gasteiger partial charge in [0, 0.05) is 12.6 Å². The van der Waals surface area contributed by atoms with E-state index in [9.17, 15) is 0 Å². The SMILES string of the molecule is Cc1cccc(C(C)N2CCC(C)(CN)C2)c1.Cl. The average molecular weight is 269 g/mol. The molecule has 0 bridgehead atoms. The molecule has 2 atom stereocenters. The van der Waals surface area contributed by atoms with Crippen molar-refractivity contribution in [3.05, 3.63) is 35.4 Å². The summed E-state index contributed by atoms with van der Waals surface area (Å²) in [5.74, 6) is 0. The number of halogens is 1. The van der Waals surface area contributed by atoms with Crippen LogP contribution in [0.1, 0.15) is 37.4 Å². The van der Waals surface area contributed by atoms with Gasteiger partial charge in [0.2, 0.25) is 0 Å². The van der Waals surface area contributed by atoms with E-state index < -0.39 is 0 Å². The summed E-state index contributed by atoms with van der Waals surface area (Å²) in [6.45, 7) is 9.85. The van der Waals surface area contributed by atoms with Crippen molar-refractivity contribution in [2.75, 3.05) is 19.6 Å². The van der Waals surface area contributed by atoms with Gasteiger partial charge in [-0.05, 0) is 44.3 Å². The van der Waals surface area contributed by atoms with Crippen molar-refractivity contribution in [2.24, 2.45) is 11.1 Å². The summed E-state index contributed by atoms with van der Waals surface area (Å²) in [6.07, 6.45) is 1.22. The molecule has 2 rings (SSSR count). The third-order valence-electron chi connectivity index (χ3n) is 4.15. The number of aryl methyl sites for hydroxylation is 1. The Labute approximate surface area is 117 Å². The summed E-state index contributed by atoms with van der Waals surface area (Å²) in [5, 5.41) is 0. The van der Waals surface area contributed by atoms with Crippen LogP contribution in [0.15, 0.2) is 24.3 Å². The Morgan fingerprint density at radius 3 is 2.72 bits per heavy atom. The Balaban J connectivity index is 0.00000162. The van der Waals surface area contributed by atoms with Crippen LogP contribution in [0.2, 0.25) is 0 Å². The van der Waals surface area contributed by atoms with Crippen molar-refractivity contribution in [3.8, 4) is 0 Å². The molecule has 0 amide bonds. The quantitative estimate of drug-likeness (QED) is 0.913. The van der Waals surface area contributed by atoms with E-state index in [0.29, 0.717) is 11.5 Å². The maximum atomic E-state index is 5.87. The van der Waals surface area contributed by atoms with E-state index in [2.05, 4.69) is 49.9 Å². The summed E-state index contributed by atoms with van der Waals surface area (Å²) in [7, 11) is 0. The predicted molar refractivity (Wildman–Crippen MR) is 80.2 cm³/mol. The fourth-order valence-electron chi connectivity index (χ4n) is 2.70. The average Bonchev–Trinajstić information content (AvgIpc) is 2.72. The van der Waals surface area contributed by atoms with Crippen molar-refractivity contribution in [1.82, 2.24) is 4.90 Å². The molecule has 1 saturated heterocycles. The molecule has 1 aliphatic heterocycles. The molecule has 2 N–H and O–H groups in total. The van der Waals surface area contributed by atoms with Gasteiger partial charge in [0.25, 0.3) is 0 Å². The summed E-state index contributed by atoms with van der Waals surface area (Å²) in [5.41, 5.74) is 8.95. The molecule has 1 aromatic carbocycles. The lowest BCUT2D eigenvalue weighted by Crippen LogP contribution is -2.32. The zero-order chi connectivity index (χ0) is 12.5. The van der Waals surface area contributed by atoms with E-state index in [1.54, 1.807) is 0 Å². The van der Waals surface area contributed by atoms with Crippen LogP contribution in [-0.4, -0.2) is 24.5 Å². The Morgan fingerprint density at radius 2 is 2.17 bits per heavy atom. The second kappa shape index (κ2) is 6.05. The molecule has 0 spiro atoms. The highest BCUT2D eigenvalue weighted by Gasteiger charge is 2.34. The summed E-state index contributed by atoms with van der Waals surface area (Å²) >= 11 is 0. The van der Waals surface area contributed by atoms with E-state index in [-0.39, 0.29) is 12.4 Å². The van der Waals surface area contributed by atoms with Crippen molar-refractivity contribution in [3.63, 3.8) is 0 Å². The molecule has 1 fully saturated rings. The third kappa shape index (κ3) is 3.25. The first-order chi connectivity index (χ1) is 8.04. The van der Waals surface area contributed by atoms with Crippen molar-refractivity contribution < 1.29 is 0 Å². The van der Waals surface area contributed by atoms with E-state index in [0.717, 1.165) is 13.1 Å². The van der Waals surface area contributed by atoms with Crippen LogP contribution in [0.5, 0.6) is 0 Å².